The monoisotopic (exact) mass is 402 g/mol. The third-order valence-corrected chi connectivity index (χ3v) is 4.50. The fourth-order valence-corrected chi connectivity index (χ4v) is 2.66. The first kappa shape index (κ1) is 21.1. The van der Waals surface area contributed by atoms with Gasteiger partial charge in [-0.15, -0.1) is 0 Å². The zero-order valence-corrected chi connectivity index (χ0v) is 17.3. The third kappa shape index (κ3) is 6.78. The van der Waals surface area contributed by atoms with E-state index in [-0.39, 0.29) is 5.91 Å². The number of pyridine rings is 1. The Morgan fingerprint density at radius 3 is 2.37 bits per heavy atom. The minimum Gasteiger partial charge on any atom is -0.492 e. The van der Waals surface area contributed by atoms with Crippen molar-refractivity contribution in [1.82, 2.24) is 9.88 Å². The number of nitrogens with zero attached hydrogens (tertiary/aromatic N) is 2. The molecule has 0 saturated carbocycles. The molecule has 154 valence electrons. The number of carbonyl (C=O) groups is 1. The number of benzene rings is 2. The summed E-state index contributed by atoms with van der Waals surface area (Å²) in [5, 5.41) is 0. The van der Waals surface area contributed by atoms with Gasteiger partial charge in [0.2, 0.25) is 5.91 Å². The van der Waals surface area contributed by atoms with Crippen LogP contribution in [0, 0.1) is 6.92 Å². The Bertz CT molecular complexity index is 952. The lowest BCUT2D eigenvalue weighted by Gasteiger charge is -2.15. The van der Waals surface area contributed by atoms with Gasteiger partial charge in [0.1, 0.15) is 24.7 Å². The zero-order valence-electron chi connectivity index (χ0n) is 17.3. The smallest absolute Gasteiger partial charge is 0.246 e. The molecular formula is C25H26N2O3. The van der Waals surface area contributed by atoms with Crippen LogP contribution in [0.4, 0.5) is 0 Å². The van der Waals surface area contributed by atoms with Crippen molar-refractivity contribution in [1.29, 1.82) is 0 Å². The van der Waals surface area contributed by atoms with Crippen molar-refractivity contribution in [2.75, 3.05) is 20.2 Å². The summed E-state index contributed by atoms with van der Waals surface area (Å²) in [7, 11) is 1.76. The quantitative estimate of drug-likeness (QED) is 0.494. The number of hydrogen-bond acceptors (Lipinski definition) is 4. The summed E-state index contributed by atoms with van der Waals surface area (Å²) >= 11 is 0. The van der Waals surface area contributed by atoms with Gasteiger partial charge >= 0.3 is 0 Å². The van der Waals surface area contributed by atoms with Gasteiger partial charge in [-0.1, -0.05) is 35.9 Å². The second-order valence-corrected chi connectivity index (χ2v) is 6.93. The van der Waals surface area contributed by atoms with Gasteiger partial charge in [0, 0.05) is 19.3 Å². The Morgan fingerprint density at radius 2 is 1.67 bits per heavy atom. The summed E-state index contributed by atoms with van der Waals surface area (Å²) in [5.74, 6) is 1.50. The van der Waals surface area contributed by atoms with Crippen molar-refractivity contribution in [3.8, 4) is 11.5 Å². The maximum absolute atomic E-state index is 12.3. The first-order valence-electron chi connectivity index (χ1n) is 9.85. The average molecular weight is 402 g/mol. The van der Waals surface area contributed by atoms with Crippen LogP contribution in [0.1, 0.15) is 16.8 Å². The highest BCUT2D eigenvalue weighted by Crippen LogP contribution is 2.15. The van der Waals surface area contributed by atoms with Gasteiger partial charge in [0.25, 0.3) is 0 Å². The van der Waals surface area contributed by atoms with E-state index in [4.69, 9.17) is 9.47 Å². The Labute approximate surface area is 177 Å². The number of amides is 1. The maximum atomic E-state index is 12.3. The highest BCUT2D eigenvalue weighted by molar-refractivity contribution is 5.91. The van der Waals surface area contributed by atoms with Crippen LogP contribution in [-0.4, -0.2) is 36.0 Å². The fourth-order valence-electron chi connectivity index (χ4n) is 2.66. The van der Waals surface area contributed by atoms with Gasteiger partial charge in [0.05, 0.1) is 12.2 Å². The van der Waals surface area contributed by atoms with Crippen LogP contribution in [-0.2, 0) is 11.4 Å². The van der Waals surface area contributed by atoms with E-state index in [2.05, 4.69) is 4.98 Å². The van der Waals surface area contributed by atoms with Crippen LogP contribution in [0.5, 0.6) is 11.5 Å². The fraction of sp³-hybridized carbons (Fsp3) is 0.200. The highest BCUT2D eigenvalue weighted by atomic mass is 16.5. The van der Waals surface area contributed by atoms with Crippen molar-refractivity contribution in [3.63, 3.8) is 0 Å². The van der Waals surface area contributed by atoms with E-state index < -0.39 is 0 Å². The van der Waals surface area contributed by atoms with Gasteiger partial charge in [-0.05, 0) is 55.0 Å². The minimum absolute atomic E-state index is 0.0713. The molecule has 0 saturated heterocycles. The van der Waals surface area contributed by atoms with Gasteiger partial charge in [0.15, 0.2) is 0 Å². The Hall–Kier alpha value is -3.60. The summed E-state index contributed by atoms with van der Waals surface area (Å²) in [6.07, 6.45) is 5.10. The predicted molar refractivity (Wildman–Crippen MR) is 118 cm³/mol. The zero-order chi connectivity index (χ0) is 21.2. The van der Waals surface area contributed by atoms with E-state index in [0.29, 0.717) is 19.8 Å². The molecule has 0 aliphatic rings. The maximum Gasteiger partial charge on any atom is 0.246 e. The lowest BCUT2D eigenvalue weighted by molar-refractivity contribution is -0.125. The molecule has 3 rings (SSSR count). The van der Waals surface area contributed by atoms with E-state index >= 15 is 0 Å². The Morgan fingerprint density at radius 1 is 0.967 bits per heavy atom. The average Bonchev–Trinajstić information content (AvgIpc) is 2.78. The SMILES string of the molecule is Cc1ccc(OCCN(C)C(=O)/C=C/c2ccc(OCc3ccccn3)cc2)cc1. The van der Waals surface area contributed by atoms with Crippen molar-refractivity contribution in [3.05, 3.63) is 95.8 Å². The number of ether oxygens (including phenoxy) is 2. The Kier molecular flexibility index (Phi) is 7.61. The van der Waals surface area contributed by atoms with Crippen molar-refractivity contribution >= 4 is 12.0 Å². The summed E-state index contributed by atoms with van der Waals surface area (Å²) in [4.78, 5) is 18.1. The van der Waals surface area contributed by atoms with E-state index in [9.17, 15) is 4.79 Å². The molecule has 0 aliphatic carbocycles. The molecule has 5 nitrogen and oxygen atoms in total. The first-order chi connectivity index (χ1) is 14.6. The van der Waals surface area contributed by atoms with Crippen LogP contribution in [0.25, 0.3) is 6.08 Å². The number of aromatic nitrogens is 1. The summed E-state index contributed by atoms with van der Waals surface area (Å²) < 4.78 is 11.4. The van der Waals surface area contributed by atoms with E-state index in [1.807, 2.05) is 73.7 Å². The third-order valence-electron chi connectivity index (χ3n) is 4.50. The summed E-state index contributed by atoms with van der Waals surface area (Å²) in [5.41, 5.74) is 2.99. The Balaban J connectivity index is 1.42. The lowest BCUT2D eigenvalue weighted by atomic mass is 10.2. The molecule has 0 N–H and O–H groups in total. The second-order valence-electron chi connectivity index (χ2n) is 6.93. The number of carbonyl (C=O) groups excluding carboxylic acids is 1. The second kappa shape index (κ2) is 10.8. The molecule has 0 aliphatic heterocycles. The molecular weight excluding hydrogens is 376 g/mol. The molecule has 3 aromatic rings. The molecule has 5 heteroatoms. The van der Waals surface area contributed by atoms with Gasteiger partial charge in [-0.2, -0.15) is 0 Å². The van der Waals surface area contributed by atoms with Crippen LogP contribution in [0.3, 0.4) is 0 Å². The van der Waals surface area contributed by atoms with E-state index in [1.165, 1.54) is 5.56 Å². The number of hydrogen-bond donors (Lipinski definition) is 0. The predicted octanol–water partition coefficient (Wildman–Crippen LogP) is 4.52. The number of aryl methyl sites for hydroxylation is 1. The van der Waals surface area contributed by atoms with Crippen LogP contribution >= 0.6 is 0 Å². The largest absolute Gasteiger partial charge is 0.492 e. The lowest BCUT2D eigenvalue weighted by Crippen LogP contribution is -2.29. The topological polar surface area (TPSA) is 51.7 Å². The normalized spacial score (nSPS) is 10.7. The molecule has 1 aromatic heterocycles. The van der Waals surface area contributed by atoms with E-state index in [0.717, 1.165) is 22.8 Å². The molecule has 30 heavy (non-hydrogen) atoms. The van der Waals surface area contributed by atoms with Gasteiger partial charge in [-0.3, -0.25) is 9.78 Å². The molecule has 0 radical (unpaired) electrons. The minimum atomic E-state index is -0.0713. The van der Waals surface area contributed by atoms with E-state index in [1.54, 1.807) is 30.3 Å². The van der Waals surface area contributed by atoms with Crippen LogP contribution < -0.4 is 9.47 Å². The molecule has 0 unspecified atom stereocenters. The van der Waals surface area contributed by atoms with Crippen molar-refractivity contribution in [2.45, 2.75) is 13.5 Å². The van der Waals surface area contributed by atoms with Gasteiger partial charge in [-0.25, -0.2) is 0 Å². The first-order valence-corrected chi connectivity index (χ1v) is 9.85. The number of rotatable bonds is 9. The molecule has 1 heterocycles. The standard InChI is InChI=1S/C25H26N2O3/c1-20-6-11-23(12-7-20)29-18-17-27(2)25(28)15-10-21-8-13-24(14-9-21)30-19-22-5-3-4-16-26-22/h3-16H,17-19H2,1-2H3/b15-10+. The summed E-state index contributed by atoms with van der Waals surface area (Å²) in [6, 6.07) is 21.2. The highest BCUT2D eigenvalue weighted by Gasteiger charge is 2.05. The molecule has 0 atom stereocenters. The van der Waals surface area contributed by atoms with Crippen LogP contribution in [0.15, 0.2) is 79.0 Å². The van der Waals surface area contributed by atoms with Crippen molar-refractivity contribution in [2.24, 2.45) is 0 Å². The molecule has 0 bridgehead atoms. The number of likely N-dealkylation sites (N-methyl/N-ethyl adjacent to an activating group) is 1. The van der Waals surface area contributed by atoms with Gasteiger partial charge < -0.3 is 14.4 Å². The van der Waals surface area contributed by atoms with Crippen molar-refractivity contribution < 1.29 is 14.3 Å². The molecule has 0 fully saturated rings. The van der Waals surface area contributed by atoms with Crippen LogP contribution in [0.2, 0.25) is 0 Å². The molecule has 2 aromatic carbocycles. The molecule has 1 amide bonds. The summed E-state index contributed by atoms with van der Waals surface area (Å²) in [6.45, 7) is 3.41. The molecule has 0 spiro atoms.